The maximum atomic E-state index is 13.1. The molecule has 2 heterocycles. The summed E-state index contributed by atoms with van der Waals surface area (Å²) in [6.07, 6.45) is 6.03. The van der Waals surface area contributed by atoms with Crippen LogP contribution >= 0.6 is 0 Å². The summed E-state index contributed by atoms with van der Waals surface area (Å²) in [6, 6.07) is 0. The Kier molecular flexibility index (Phi) is 6.70. The van der Waals surface area contributed by atoms with Crippen molar-refractivity contribution in [2.45, 2.75) is 97.2 Å². The molecule has 1 aliphatic carbocycles. The molecular weight excluding hydrogens is 412 g/mol. The Morgan fingerprint density at radius 3 is 2.47 bits per heavy atom. The van der Waals surface area contributed by atoms with Crippen LogP contribution in [0.1, 0.15) is 67.7 Å². The van der Waals surface area contributed by atoms with Gasteiger partial charge < -0.3 is 18.9 Å². The molecule has 0 aromatic carbocycles. The van der Waals surface area contributed by atoms with Crippen molar-refractivity contribution in [2.24, 2.45) is 5.92 Å². The van der Waals surface area contributed by atoms with E-state index in [2.05, 4.69) is 6.08 Å². The molecule has 2 saturated heterocycles. The third-order valence-electron chi connectivity index (χ3n) is 6.91. The number of epoxide rings is 1. The lowest BCUT2D eigenvalue weighted by molar-refractivity contribution is -0.175. The van der Waals surface area contributed by atoms with Crippen molar-refractivity contribution in [2.75, 3.05) is 0 Å². The Hall–Kier alpha value is -2.41. The third-order valence-corrected chi connectivity index (χ3v) is 6.91. The number of carbonyl (C=O) groups excluding carboxylic acids is 3. The Morgan fingerprint density at radius 2 is 1.88 bits per heavy atom. The van der Waals surface area contributed by atoms with E-state index in [1.54, 1.807) is 40.7 Å². The van der Waals surface area contributed by atoms with Crippen LogP contribution in [0.5, 0.6) is 0 Å². The molecule has 176 valence electrons. The largest absolute Gasteiger partial charge is 0.458 e. The second-order valence-electron chi connectivity index (χ2n) is 9.48. The number of hydrogen-bond donors (Lipinski definition) is 0. The van der Waals surface area contributed by atoms with Gasteiger partial charge in [0, 0.05) is 12.0 Å². The fourth-order valence-corrected chi connectivity index (χ4v) is 4.32. The molecule has 3 aliphatic rings. The second-order valence-corrected chi connectivity index (χ2v) is 9.48. The van der Waals surface area contributed by atoms with Crippen LogP contribution in [0.4, 0.5) is 0 Å². The molecule has 6 atom stereocenters. The van der Waals surface area contributed by atoms with Crippen molar-refractivity contribution < 1.29 is 33.3 Å². The van der Waals surface area contributed by atoms with Gasteiger partial charge in [-0.1, -0.05) is 23.3 Å². The molecule has 2 aliphatic heterocycles. The standard InChI is InChI=1S/C25H34O7/c1-8-16(4)21(26)32-25(7)20-18(29-22(27)24(6)17(5)31-24)12-14(2)10-9-11-15(3)13-19(20)30-23(25)28/h8,11-12,17-20H,9-10,13H2,1-7H3/b14-12+,15-11?,16-8-/t17-,18-,19-,20-,24-,25-/m0/s1. The van der Waals surface area contributed by atoms with Gasteiger partial charge in [0.05, 0.1) is 12.0 Å². The molecule has 0 radical (unpaired) electrons. The monoisotopic (exact) mass is 446 g/mol. The predicted octanol–water partition coefficient (Wildman–Crippen LogP) is 3.96. The first-order valence-corrected chi connectivity index (χ1v) is 11.2. The Morgan fingerprint density at radius 1 is 1.22 bits per heavy atom. The summed E-state index contributed by atoms with van der Waals surface area (Å²) in [4.78, 5) is 38.7. The highest BCUT2D eigenvalue weighted by atomic mass is 16.7. The molecule has 0 saturated carbocycles. The van der Waals surface area contributed by atoms with Crippen LogP contribution in [-0.2, 0) is 33.3 Å². The highest BCUT2D eigenvalue weighted by Gasteiger charge is 2.63. The van der Waals surface area contributed by atoms with Crippen LogP contribution in [0.15, 0.2) is 34.9 Å². The maximum Gasteiger partial charge on any atom is 0.351 e. The zero-order valence-electron chi connectivity index (χ0n) is 20.0. The summed E-state index contributed by atoms with van der Waals surface area (Å²) in [5, 5.41) is 0. The molecule has 0 N–H and O–H groups in total. The normalized spacial score (nSPS) is 39.1. The van der Waals surface area contributed by atoms with Gasteiger partial charge in [-0.25, -0.2) is 14.4 Å². The minimum absolute atomic E-state index is 0.247. The van der Waals surface area contributed by atoms with Gasteiger partial charge in [0.1, 0.15) is 12.2 Å². The predicted molar refractivity (Wildman–Crippen MR) is 117 cm³/mol. The van der Waals surface area contributed by atoms with Gasteiger partial charge >= 0.3 is 17.9 Å². The number of esters is 3. The van der Waals surface area contributed by atoms with Crippen molar-refractivity contribution >= 4 is 17.9 Å². The van der Waals surface area contributed by atoms with Crippen molar-refractivity contribution in [1.29, 1.82) is 0 Å². The lowest BCUT2D eigenvalue weighted by Gasteiger charge is -2.34. The van der Waals surface area contributed by atoms with Crippen LogP contribution in [0.2, 0.25) is 0 Å². The topological polar surface area (TPSA) is 91.4 Å². The molecule has 7 heteroatoms. The van der Waals surface area contributed by atoms with E-state index < -0.39 is 47.2 Å². The fourth-order valence-electron chi connectivity index (χ4n) is 4.32. The first kappa shape index (κ1) is 24.2. The summed E-state index contributed by atoms with van der Waals surface area (Å²) >= 11 is 0. The highest BCUT2D eigenvalue weighted by Crippen LogP contribution is 2.44. The summed E-state index contributed by atoms with van der Waals surface area (Å²) in [6.45, 7) is 12.3. The van der Waals surface area contributed by atoms with E-state index in [1.165, 1.54) is 0 Å². The average molecular weight is 447 g/mol. The van der Waals surface area contributed by atoms with Crippen LogP contribution in [0, 0.1) is 5.92 Å². The molecule has 0 bridgehead atoms. The zero-order chi connectivity index (χ0) is 23.8. The molecule has 3 rings (SSSR count). The van der Waals surface area contributed by atoms with Crippen molar-refractivity contribution in [3.63, 3.8) is 0 Å². The molecule has 0 amide bonds. The SMILES string of the molecule is C/C=C(/C)C(=O)O[C@]1(C)C(=O)O[C@H]2CC(C)=CCC/C(C)=C/[C@H](OC(=O)[C@@]3(C)O[C@H]3C)[C@@H]21. The molecule has 0 spiro atoms. The van der Waals surface area contributed by atoms with Crippen molar-refractivity contribution in [3.8, 4) is 0 Å². The molecule has 0 aromatic rings. The fraction of sp³-hybridized carbons (Fsp3) is 0.640. The Balaban J connectivity index is 2.03. The Labute approximate surface area is 189 Å². The van der Waals surface area contributed by atoms with Gasteiger partial charge in [0.15, 0.2) is 5.60 Å². The van der Waals surface area contributed by atoms with E-state index in [0.29, 0.717) is 12.0 Å². The lowest BCUT2D eigenvalue weighted by atomic mass is 9.79. The second kappa shape index (κ2) is 8.85. The van der Waals surface area contributed by atoms with Gasteiger partial charge in [-0.15, -0.1) is 0 Å². The molecule has 0 aromatic heterocycles. The van der Waals surface area contributed by atoms with Crippen LogP contribution < -0.4 is 0 Å². The molecular formula is C25H34O7. The maximum absolute atomic E-state index is 13.1. The number of rotatable bonds is 4. The summed E-state index contributed by atoms with van der Waals surface area (Å²) < 4.78 is 22.9. The molecule has 2 fully saturated rings. The smallest absolute Gasteiger partial charge is 0.351 e. The van der Waals surface area contributed by atoms with Gasteiger partial charge in [0.25, 0.3) is 0 Å². The lowest BCUT2D eigenvalue weighted by Crippen LogP contribution is -2.50. The van der Waals surface area contributed by atoms with Gasteiger partial charge in [-0.3, -0.25) is 0 Å². The number of ether oxygens (including phenoxy) is 4. The van der Waals surface area contributed by atoms with Gasteiger partial charge in [-0.05, 0) is 67.4 Å². The highest BCUT2D eigenvalue weighted by molar-refractivity contribution is 5.92. The minimum atomic E-state index is -1.61. The minimum Gasteiger partial charge on any atom is -0.458 e. The third kappa shape index (κ3) is 4.53. The van der Waals surface area contributed by atoms with E-state index in [1.807, 2.05) is 19.9 Å². The number of carbonyl (C=O) groups is 3. The number of hydrogen-bond acceptors (Lipinski definition) is 7. The first-order chi connectivity index (χ1) is 14.9. The summed E-state index contributed by atoms with van der Waals surface area (Å²) in [7, 11) is 0. The van der Waals surface area contributed by atoms with Gasteiger partial charge in [-0.2, -0.15) is 0 Å². The number of allylic oxidation sites excluding steroid dienone is 3. The molecule has 0 unspecified atom stereocenters. The Bertz CT molecular complexity index is 898. The van der Waals surface area contributed by atoms with E-state index in [-0.39, 0.29) is 6.10 Å². The van der Waals surface area contributed by atoms with E-state index in [4.69, 9.17) is 18.9 Å². The van der Waals surface area contributed by atoms with Crippen LogP contribution in [-0.4, -0.2) is 47.4 Å². The number of fused-ring (bicyclic) bond motifs is 1. The zero-order valence-corrected chi connectivity index (χ0v) is 20.0. The van der Waals surface area contributed by atoms with Crippen molar-refractivity contribution in [1.82, 2.24) is 0 Å². The molecule has 7 nitrogen and oxygen atoms in total. The molecule has 32 heavy (non-hydrogen) atoms. The summed E-state index contributed by atoms with van der Waals surface area (Å²) in [5.74, 6) is -2.44. The van der Waals surface area contributed by atoms with E-state index in [9.17, 15) is 14.4 Å². The van der Waals surface area contributed by atoms with E-state index >= 15 is 0 Å². The van der Waals surface area contributed by atoms with Crippen molar-refractivity contribution in [3.05, 3.63) is 34.9 Å². The average Bonchev–Trinajstić information content (AvgIpc) is 3.26. The van der Waals surface area contributed by atoms with Crippen LogP contribution in [0.3, 0.4) is 0 Å². The van der Waals surface area contributed by atoms with Gasteiger partial charge in [0.2, 0.25) is 5.60 Å². The van der Waals surface area contributed by atoms with E-state index in [0.717, 1.165) is 24.0 Å². The first-order valence-electron chi connectivity index (χ1n) is 11.2. The quantitative estimate of drug-likeness (QED) is 0.212. The van der Waals surface area contributed by atoms with Crippen LogP contribution in [0.25, 0.3) is 0 Å². The summed E-state index contributed by atoms with van der Waals surface area (Å²) in [5.41, 5.74) is -0.157.